The number of hydrogen-bond acceptors (Lipinski definition) is 3. The smallest absolute Gasteiger partial charge is 0.0993 e. The van der Waals surface area contributed by atoms with E-state index >= 15 is 0 Å². The maximum absolute atomic E-state index is 4.22. The summed E-state index contributed by atoms with van der Waals surface area (Å²) in [6, 6.07) is 0. The second-order valence-corrected chi connectivity index (χ2v) is 3.79. The van der Waals surface area contributed by atoms with Gasteiger partial charge in [0.2, 0.25) is 0 Å². The lowest BCUT2D eigenvalue weighted by atomic mass is 10.1. The molecule has 0 aliphatic heterocycles. The van der Waals surface area contributed by atoms with Crippen molar-refractivity contribution in [2.45, 2.75) is 62.3 Å². The maximum Gasteiger partial charge on any atom is 0.0993 e. The van der Waals surface area contributed by atoms with Crippen LogP contribution >= 0.6 is 0 Å². The lowest BCUT2D eigenvalue weighted by Crippen LogP contribution is -1.98. The van der Waals surface area contributed by atoms with E-state index in [1.807, 2.05) is 67.9 Å². The third-order valence-electron chi connectivity index (χ3n) is 2.74. The topological polar surface area (TPSA) is 43.6 Å². The molecule has 0 unspecified atom stereocenters. The van der Waals surface area contributed by atoms with Crippen molar-refractivity contribution in [2.75, 3.05) is 0 Å². The van der Waals surface area contributed by atoms with Crippen LogP contribution in [0.1, 0.15) is 58.4 Å². The van der Waals surface area contributed by atoms with Crippen molar-refractivity contribution in [3.8, 4) is 11.3 Å². The fourth-order valence-corrected chi connectivity index (χ4v) is 1.54. The van der Waals surface area contributed by atoms with Crippen LogP contribution in [0.2, 0.25) is 0 Å². The van der Waals surface area contributed by atoms with E-state index < -0.39 is 0 Å². The summed E-state index contributed by atoms with van der Waals surface area (Å²) in [5.41, 5.74) is 5.30. The van der Waals surface area contributed by atoms with E-state index in [1.165, 1.54) is 11.1 Å². The van der Waals surface area contributed by atoms with Gasteiger partial charge in [-0.1, -0.05) is 41.5 Å². The molecule has 4 nitrogen and oxygen atoms in total. The van der Waals surface area contributed by atoms with E-state index in [0.717, 1.165) is 17.0 Å². The monoisotopic (exact) mass is 292 g/mol. The summed E-state index contributed by atoms with van der Waals surface area (Å²) in [4.78, 5) is 0. The van der Waals surface area contributed by atoms with Crippen LogP contribution in [0.4, 0.5) is 0 Å². The van der Waals surface area contributed by atoms with Crippen LogP contribution in [-0.2, 0) is 7.05 Å². The zero-order valence-electron chi connectivity index (χ0n) is 15.4. The van der Waals surface area contributed by atoms with Crippen molar-refractivity contribution in [3.63, 3.8) is 0 Å². The Morgan fingerprint density at radius 1 is 0.810 bits per heavy atom. The summed E-state index contributed by atoms with van der Waals surface area (Å²) in [7, 11) is 1.90. The second kappa shape index (κ2) is 12.1. The Kier molecular flexibility index (Phi) is 12.4. The van der Waals surface area contributed by atoms with Gasteiger partial charge in [0.25, 0.3) is 0 Å². The summed E-state index contributed by atoms with van der Waals surface area (Å²) in [5.74, 6) is 0. The quantitative estimate of drug-likeness (QED) is 0.752. The van der Waals surface area contributed by atoms with E-state index in [0.29, 0.717) is 0 Å². The summed E-state index contributed by atoms with van der Waals surface area (Å²) < 4.78 is 1.77. The van der Waals surface area contributed by atoms with Gasteiger partial charge < -0.3 is 0 Å². The molecule has 0 aromatic carbocycles. The van der Waals surface area contributed by atoms with Gasteiger partial charge in [-0.3, -0.25) is 4.68 Å². The lowest BCUT2D eigenvalue weighted by Gasteiger charge is -2.06. The van der Waals surface area contributed by atoms with Gasteiger partial charge in [-0.2, -0.15) is 10.2 Å². The molecule has 0 amide bonds. The highest BCUT2D eigenvalue weighted by Crippen LogP contribution is 2.22. The zero-order valence-corrected chi connectivity index (χ0v) is 15.4. The summed E-state index contributed by atoms with van der Waals surface area (Å²) >= 11 is 0. The minimum absolute atomic E-state index is 0.922. The third-order valence-corrected chi connectivity index (χ3v) is 2.74. The molecule has 2 aromatic rings. The highest BCUT2D eigenvalue weighted by Gasteiger charge is 2.10. The first-order chi connectivity index (χ1) is 10.1. The van der Waals surface area contributed by atoms with Crippen LogP contribution in [0.15, 0.2) is 12.4 Å². The van der Waals surface area contributed by atoms with Gasteiger partial charge in [0.1, 0.15) is 0 Å². The van der Waals surface area contributed by atoms with Crippen LogP contribution in [0.5, 0.6) is 0 Å². The first-order valence-corrected chi connectivity index (χ1v) is 7.89. The molecule has 2 aromatic heterocycles. The molecule has 0 atom stereocenters. The molecular weight excluding hydrogens is 260 g/mol. The van der Waals surface area contributed by atoms with E-state index in [1.54, 1.807) is 4.68 Å². The molecule has 0 aliphatic rings. The Hall–Kier alpha value is -1.71. The van der Waals surface area contributed by atoms with Gasteiger partial charge in [0, 0.05) is 18.8 Å². The Balaban J connectivity index is 0. The highest BCUT2D eigenvalue weighted by molar-refractivity contribution is 5.62. The standard InChI is InChI=1S/C11H14N4.3C2H6/c1-7-8(2)11(14-13-9(7)3)10-5-12-15(4)6-10;3*1-2/h5-6H,1-4H3;3*1-2H3. The van der Waals surface area contributed by atoms with E-state index in [-0.39, 0.29) is 0 Å². The zero-order chi connectivity index (χ0) is 17.0. The Labute approximate surface area is 130 Å². The van der Waals surface area contributed by atoms with Crippen molar-refractivity contribution >= 4 is 0 Å². The predicted molar refractivity (Wildman–Crippen MR) is 92.5 cm³/mol. The molecular formula is C17H32N4. The van der Waals surface area contributed by atoms with Gasteiger partial charge in [-0.15, -0.1) is 5.10 Å². The molecule has 0 saturated carbocycles. The molecule has 21 heavy (non-hydrogen) atoms. The SMILES string of the molecule is CC.CC.CC.Cc1nnc(-c2cnn(C)c2)c(C)c1C. The number of nitrogens with zero attached hydrogens (tertiary/aromatic N) is 4. The van der Waals surface area contributed by atoms with E-state index in [2.05, 4.69) is 29.1 Å². The normalized spacial score (nSPS) is 8.48. The van der Waals surface area contributed by atoms with E-state index in [4.69, 9.17) is 0 Å². The van der Waals surface area contributed by atoms with Crippen LogP contribution in [0.25, 0.3) is 11.3 Å². The number of rotatable bonds is 1. The van der Waals surface area contributed by atoms with Gasteiger partial charge in [0.15, 0.2) is 0 Å². The minimum atomic E-state index is 0.922. The molecule has 2 heterocycles. The molecule has 0 saturated heterocycles. The average Bonchev–Trinajstić information content (AvgIpc) is 2.97. The number of aromatic nitrogens is 4. The predicted octanol–water partition coefficient (Wildman–Crippen LogP) is 4.88. The van der Waals surface area contributed by atoms with Gasteiger partial charge in [-0.25, -0.2) is 0 Å². The summed E-state index contributed by atoms with van der Waals surface area (Å²) in [5, 5.41) is 12.5. The lowest BCUT2D eigenvalue weighted by molar-refractivity contribution is 0.768. The highest BCUT2D eigenvalue weighted by atomic mass is 15.2. The van der Waals surface area contributed by atoms with Gasteiger partial charge in [-0.05, 0) is 31.9 Å². The minimum Gasteiger partial charge on any atom is -0.275 e. The van der Waals surface area contributed by atoms with Gasteiger partial charge in [0.05, 0.1) is 17.6 Å². The van der Waals surface area contributed by atoms with Crippen LogP contribution in [0.3, 0.4) is 0 Å². The molecule has 0 radical (unpaired) electrons. The molecule has 0 spiro atoms. The molecule has 0 fully saturated rings. The summed E-state index contributed by atoms with van der Waals surface area (Å²) in [6.07, 6.45) is 3.76. The fourth-order valence-electron chi connectivity index (χ4n) is 1.54. The Morgan fingerprint density at radius 2 is 1.33 bits per heavy atom. The molecule has 4 heteroatoms. The second-order valence-electron chi connectivity index (χ2n) is 3.79. The molecule has 0 aliphatic carbocycles. The van der Waals surface area contributed by atoms with Gasteiger partial charge >= 0.3 is 0 Å². The average molecular weight is 292 g/mol. The first-order valence-electron chi connectivity index (χ1n) is 7.89. The first kappa shape index (κ1) is 21.6. The molecule has 120 valence electrons. The number of aryl methyl sites for hydroxylation is 2. The molecule has 0 bridgehead atoms. The summed E-state index contributed by atoms with van der Waals surface area (Å²) in [6.45, 7) is 18.1. The van der Waals surface area contributed by atoms with Crippen molar-refractivity contribution in [3.05, 3.63) is 29.2 Å². The Morgan fingerprint density at radius 3 is 1.76 bits per heavy atom. The molecule has 2 rings (SSSR count). The fraction of sp³-hybridized carbons (Fsp3) is 0.588. The number of hydrogen-bond donors (Lipinski definition) is 0. The third kappa shape index (κ3) is 6.06. The van der Waals surface area contributed by atoms with Crippen molar-refractivity contribution in [1.82, 2.24) is 20.0 Å². The van der Waals surface area contributed by atoms with Crippen LogP contribution < -0.4 is 0 Å². The van der Waals surface area contributed by atoms with Crippen molar-refractivity contribution in [2.24, 2.45) is 7.05 Å². The van der Waals surface area contributed by atoms with Crippen molar-refractivity contribution < 1.29 is 0 Å². The maximum atomic E-state index is 4.22. The largest absolute Gasteiger partial charge is 0.275 e. The van der Waals surface area contributed by atoms with Crippen LogP contribution in [0, 0.1) is 20.8 Å². The molecule has 0 N–H and O–H groups in total. The van der Waals surface area contributed by atoms with Crippen molar-refractivity contribution in [1.29, 1.82) is 0 Å². The van der Waals surface area contributed by atoms with Crippen LogP contribution in [-0.4, -0.2) is 20.0 Å². The van der Waals surface area contributed by atoms with E-state index in [9.17, 15) is 0 Å². The Bertz CT molecular complexity index is 501.